The molecule has 0 aromatic heterocycles. The molecule has 0 unspecified atom stereocenters. The standard InChI is InChI=1S/C18H16ClNO8/c1-24-14-7-11(13(20(22)23)8-15(14)25-2)18(21)28-9-10-5-12(19)17-16(6-10)26-3-4-27-17/h5-8H,3-4,9H2,1-2H3. The van der Waals surface area contributed by atoms with Gasteiger partial charge >= 0.3 is 5.97 Å². The first kappa shape index (κ1) is 19.6. The summed E-state index contributed by atoms with van der Waals surface area (Å²) >= 11 is 6.15. The maximum Gasteiger partial charge on any atom is 0.345 e. The van der Waals surface area contributed by atoms with Crippen LogP contribution in [-0.2, 0) is 11.3 Å². The first-order valence-electron chi connectivity index (χ1n) is 8.10. The molecule has 1 heterocycles. The zero-order chi connectivity index (χ0) is 20.3. The van der Waals surface area contributed by atoms with Gasteiger partial charge in [-0.15, -0.1) is 0 Å². The van der Waals surface area contributed by atoms with Crippen molar-refractivity contribution < 1.29 is 33.4 Å². The number of nitrogens with zero attached hydrogens (tertiary/aromatic N) is 1. The van der Waals surface area contributed by atoms with Gasteiger partial charge in [0, 0.05) is 6.07 Å². The number of nitro benzene ring substituents is 1. The number of halogens is 1. The van der Waals surface area contributed by atoms with Crippen LogP contribution in [0, 0.1) is 10.1 Å². The van der Waals surface area contributed by atoms with Crippen LogP contribution < -0.4 is 18.9 Å². The van der Waals surface area contributed by atoms with Crippen molar-refractivity contribution in [2.45, 2.75) is 6.61 Å². The van der Waals surface area contributed by atoms with Crippen LogP contribution in [0.2, 0.25) is 5.02 Å². The summed E-state index contributed by atoms with van der Waals surface area (Å²) in [6.07, 6.45) is 0. The Bertz CT molecular complexity index is 930. The average molecular weight is 410 g/mol. The van der Waals surface area contributed by atoms with Gasteiger partial charge in [0.05, 0.1) is 30.2 Å². The van der Waals surface area contributed by atoms with Crippen molar-refractivity contribution >= 4 is 23.3 Å². The summed E-state index contributed by atoms with van der Waals surface area (Å²) in [5, 5.41) is 11.6. The smallest absolute Gasteiger partial charge is 0.345 e. The third-order valence-corrected chi connectivity index (χ3v) is 4.23. The summed E-state index contributed by atoms with van der Waals surface area (Å²) in [5.41, 5.74) is -0.167. The van der Waals surface area contributed by atoms with Gasteiger partial charge < -0.3 is 23.7 Å². The number of benzene rings is 2. The molecule has 0 atom stereocenters. The Morgan fingerprint density at radius 3 is 2.50 bits per heavy atom. The second-order valence-corrected chi connectivity index (χ2v) is 6.07. The van der Waals surface area contributed by atoms with Crippen LogP contribution >= 0.6 is 11.6 Å². The number of methoxy groups -OCH3 is 2. The highest BCUT2D eigenvalue weighted by Gasteiger charge is 2.26. The Balaban J connectivity index is 1.83. The van der Waals surface area contributed by atoms with Crippen LogP contribution in [0.25, 0.3) is 0 Å². The van der Waals surface area contributed by atoms with Gasteiger partial charge in [-0.05, 0) is 17.7 Å². The molecular weight excluding hydrogens is 394 g/mol. The van der Waals surface area contributed by atoms with E-state index >= 15 is 0 Å². The van der Waals surface area contributed by atoms with Crippen molar-refractivity contribution in [1.82, 2.24) is 0 Å². The SMILES string of the molecule is COc1cc(C(=O)OCc2cc(Cl)c3c(c2)OCCO3)c([N+](=O)[O-])cc1OC. The molecule has 28 heavy (non-hydrogen) atoms. The molecule has 2 aromatic carbocycles. The molecule has 2 aromatic rings. The quantitative estimate of drug-likeness (QED) is 0.406. The molecule has 0 fully saturated rings. The van der Waals surface area contributed by atoms with Crippen molar-refractivity contribution in [3.63, 3.8) is 0 Å². The first-order chi connectivity index (χ1) is 13.4. The van der Waals surface area contributed by atoms with E-state index in [1.807, 2.05) is 0 Å². The maximum atomic E-state index is 12.5. The van der Waals surface area contributed by atoms with E-state index in [1.165, 1.54) is 20.3 Å². The molecule has 0 spiro atoms. The summed E-state index contributed by atoms with van der Waals surface area (Å²) in [5.74, 6) is 0.283. The van der Waals surface area contributed by atoms with Crippen molar-refractivity contribution in [2.24, 2.45) is 0 Å². The topological polar surface area (TPSA) is 106 Å². The number of hydrogen-bond acceptors (Lipinski definition) is 8. The summed E-state index contributed by atoms with van der Waals surface area (Å²) in [7, 11) is 2.70. The number of fused-ring (bicyclic) bond motifs is 1. The van der Waals surface area contributed by atoms with Crippen LogP contribution in [0.3, 0.4) is 0 Å². The van der Waals surface area contributed by atoms with Crippen LogP contribution in [0.15, 0.2) is 24.3 Å². The molecule has 0 saturated heterocycles. The molecule has 0 bridgehead atoms. The third kappa shape index (κ3) is 3.89. The maximum absolute atomic E-state index is 12.5. The average Bonchev–Trinajstić information content (AvgIpc) is 2.70. The lowest BCUT2D eigenvalue weighted by atomic mass is 10.1. The highest BCUT2D eigenvalue weighted by Crippen LogP contribution is 2.39. The third-order valence-electron chi connectivity index (χ3n) is 3.95. The molecule has 9 nitrogen and oxygen atoms in total. The molecule has 3 rings (SSSR count). The largest absolute Gasteiger partial charge is 0.493 e. The molecule has 0 amide bonds. The number of rotatable bonds is 6. The van der Waals surface area contributed by atoms with Gasteiger partial charge in [0.2, 0.25) is 0 Å². The predicted octanol–water partition coefficient (Wildman–Crippen LogP) is 3.39. The van der Waals surface area contributed by atoms with E-state index in [-0.39, 0.29) is 23.7 Å². The minimum absolute atomic E-state index is 0.129. The number of esters is 1. The molecule has 0 saturated carbocycles. The van der Waals surface area contributed by atoms with Crippen LogP contribution in [0.5, 0.6) is 23.0 Å². The number of nitro groups is 1. The summed E-state index contributed by atoms with van der Waals surface area (Å²) in [6, 6.07) is 5.52. The van der Waals surface area contributed by atoms with E-state index in [0.29, 0.717) is 35.3 Å². The zero-order valence-corrected chi connectivity index (χ0v) is 15.8. The first-order valence-corrected chi connectivity index (χ1v) is 8.48. The van der Waals surface area contributed by atoms with Gasteiger partial charge in [0.25, 0.3) is 5.69 Å². The molecule has 0 aliphatic carbocycles. The van der Waals surface area contributed by atoms with Gasteiger partial charge in [-0.3, -0.25) is 10.1 Å². The van der Waals surface area contributed by atoms with E-state index in [4.69, 9.17) is 35.3 Å². The van der Waals surface area contributed by atoms with Crippen molar-refractivity contribution in [3.05, 3.63) is 50.5 Å². The van der Waals surface area contributed by atoms with Gasteiger partial charge in [-0.25, -0.2) is 4.79 Å². The van der Waals surface area contributed by atoms with Crippen LogP contribution in [0.1, 0.15) is 15.9 Å². The van der Waals surface area contributed by atoms with Crippen molar-refractivity contribution in [2.75, 3.05) is 27.4 Å². The van der Waals surface area contributed by atoms with E-state index in [0.717, 1.165) is 6.07 Å². The molecule has 148 valence electrons. The van der Waals surface area contributed by atoms with Gasteiger partial charge in [-0.1, -0.05) is 11.6 Å². The highest BCUT2D eigenvalue weighted by molar-refractivity contribution is 6.32. The number of ether oxygens (including phenoxy) is 5. The van der Waals surface area contributed by atoms with E-state index in [2.05, 4.69) is 0 Å². The summed E-state index contributed by atoms with van der Waals surface area (Å²) < 4.78 is 26.3. The van der Waals surface area contributed by atoms with Crippen molar-refractivity contribution in [3.8, 4) is 23.0 Å². The van der Waals surface area contributed by atoms with E-state index < -0.39 is 16.6 Å². The molecule has 10 heteroatoms. The Morgan fingerprint density at radius 2 is 1.82 bits per heavy atom. The molecule has 0 N–H and O–H groups in total. The van der Waals surface area contributed by atoms with Crippen LogP contribution in [-0.4, -0.2) is 38.3 Å². The van der Waals surface area contributed by atoms with E-state index in [9.17, 15) is 14.9 Å². The second kappa shape index (κ2) is 8.22. The molecular formula is C18H16ClNO8. The highest BCUT2D eigenvalue weighted by atomic mass is 35.5. The fraction of sp³-hybridized carbons (Fsp3) is 0.278. The minimum Gasteiger partial charge on any atom is -0.493 e. The Kier molecular flexibility index (Phi) is 5.74. The fourth-order valence-corrected chi connectivity index (χ4v) is 2.94. The Morgan fingerprint density at radius 1 is 1.14 bits per heavy atom. The van der Waals surface area contributed by atoms with Gasteiger partial charge in [0.1, 0.15) is 25.4 Å². The zero-order valence-electron chi connectivity index (χ0n) is 15.0. The van der Waals surface area contributed by atoms with E-state index in [1.54, 1.807) is 12.1 Å². The summed E-state index contributed by atoms with van der Waals surface area (Å²) in [6.45, 7) is 0.606. The molecule has 1 aliphatic heterocycles. The van der Waals surface area contributed by atoms with Gasteiger partial charge in [0.15, 0.2) is 23.0 Å². The number of carbonyl (C=O) groups is 1. The lowest BCUT2D eigenvalue weighted by molar-refractivity contribution is -0.385. The second-order valence-electron chi connectivity index (χ2n) is 5.66. The van der Waals surface area contributed by atoms with Crippen LogP contribution in [0.4, 0.5) is 5.69 Å². The normalized spacial score (nSPS) is 12.2. The fourth-order valence-electron chi connectivity index (χ4n) is 2.66. The Labute approximate surface area is 164 Å². The minimum atomic E-state index is -0.890. The lowest BCUT2D eigenvalue weighted by Gasteiger charge is -2.20. The molecule has 0 radical (unpaired) electrons. The monoisotopic (exact) mass is 409 g/mol. The lowest BCUT2D eigenvalue weighted by Crippen LogP contribution is -2.16. The Hall–Kier alpha value is -3.20. The number of hydrogen-bond donors (Lipinski definition) is 0. The predicted molar refractivity (Wildman–Crippen MR) is 97.8 cm³/mol. The number of carbonyl (C=O) groups excluding carboxylic acids is 1. The van der Waals surface area contributed by atoms with Gasteiger partial charge in [-0.2, -0.15) is 0 Å². The molecule has 1 aliphatic rings. The van der Waals surface area contributed by atoms with Crippen molar-refractivity contribution in [1.29, 1.82) is 0 Å². The summed E-state index contributed by atoms with van der Waals surface area (Å²) in [4.78, 5) is 23.1.